The summed E-state index contributed by atoms with van der Waals surface area (Å²) in [5, 5.41) is 2.31. The van der Waals surface area contributed by atoms with E-state index in [4.69, 9.17) is 21.3 Å². The molecule has 0 unspecified atom stereocenters. The van der Waals surface area contributed by atoms with E-state index < -0.39 is 6.67 Å². The summed E-state index contributed by atoms with van der Waals surface area (Å²) in [7, 11) is 2.13. The molecule has 45 heavy (non-hydrogen) atoms. The molecule has 3 aromatic rings. The molecule has 2 aromatic heterocycles. The fraction of sp³-hybridized carbons (Fsp3) is 0.500. The average molecular weight is 613 g/mol. The van der Waals surface area contributed by atoms with Crippen LogP contribution in [0.4, 0.5) is 15.9 Å². The fourth-order valence-electron chi connectivity index (χ4n) is 6.68. The number of aryl methyl sites for hydroxylation is 1. The van der Waals surface area contributed by atoms with Crippen LogP contribution in [0.15, 0.2) is 42.7 Å². The number of halogens is 1. The van der Waals surface area contributed by atoms with Crippen LogP contribution in [0.25, 0.3) is 15.6 Å². The maximum Gasteiger partial charge on any atom is 0.318 e. The number of pyridine rings is 1. The van der Waals surface area contributed by atoms with Crippen LogP contribution < -0.4 is 14.5 Å². The van der Waals surface area contributed by atoms with E-state index in [1.165, 1.54) is 35.9 Å². The average Bonchev–Trinajstić information content (AvgIpc) is 3.89. The minimum Gasteiger partial charge on any atom is -0.459 e. The van der Waals surface area contributed by atoms with E-state index in [9.17, 15) is 9.18 Å². The number of aromatic nitrogens is 3. The Hall–Kier alpha value is -4.30. The predicted molar refractivity (Wildman–Crippen MR) is 173 cm³/mol. The number of carbonyl (C=O) groups excluding carboxylic acids is 1. The van der Waals surface area contributed by atoms with Gasteiger partial charge in [-0.25, -0.2) is 11.0 Å². The Morgan fingerprint density at radius 1 is 1.22 bits per heavy atom. The van der Waals surface area contributed by atoms with Gasteiger partial charge in [0.25, 0.3) is 0 Å². The second-order valence-corrected chi connectivity index (χ2v) is 12.4. The second-order valence-electron chi connectivity index (χ2n) is 12.4. The van der Waals surface area contributed by atoms with Crippen LogP contribution in [-0.2, 0) is 17.8 Å². The van der Waals surface area contributed by atoms with Crippen molar-refractivity contribution in [2.45, 2.75) is 57.8 Å². The van der Waals surface area contributed by atoms with Crippen molar-refractivity contribution in [1.82, 2.24) is 24.8 Å². The summed E-state index contributed by atoms with van der Waals surface area (Å²) in [5.41, 5.74) is 4.28. The van der Waals surface area contributed by atoms with Crippen molar-refractivity contribution >= 4 is 28.2 Å². The Morgan fingerprint density at radius 2 is 2.07 bits per heavy atom. The van der Waals surface area contributed by atoms with E-state index >= 15 is 0 Å². The summed E-state index contributed by atoms with van der Waals surface area (Å²) in [6.45, 7) is 14.8. The lowest BCUT2D eigenvalue weighted by Crippen LogP contribution is -2.56. The number of rotatable bonds is 10. The molecule has 6 rings (SSSR count). The first-order valence-electron chi connectivity index (χ1n) is 15.8. The predicted octanol–water partition coefficient (Wildman–Crippen LogP) is 4.22. The summed E-state index contributed by atoms with van der Waals surface area (Å²) < 4.78 is 19.1. The Labute approximate surface area is 264 Å². The lowest BCUT2D eigenvalue weighted by atomic mass is 10.0. The van der Waals surface area contributed by atoms with E-state index in [1.807, 2.05) is 12.4 Å². The van der Waals surface area contributed by atoms with Gasteiger partial charge in [0.05, 0.1) is 24.1 Å². The molecule has 0 spiro atoms. The third-order valence-corrected chi connectivity index (χ3v) is 9.07. The fourth-order valence-corrected chi connectivity index (χ4v) is 6.68. The first kappa shape index (κ1) is 30.7. The third kappa shape index (κ3) is 6.71. The smallest absolute Gasteiger partial charge is 0.318 e. The highest BCUT2D eigenvalue weighted by atomic mass is 19.1. The molecule has 1 aliphatic carbocycles. The highest BCUT2D eigenvalue weighted by Crippen LogP contribution is 2.35. The zero-order valence-corrected chi connectivity index (χ0v) is 26.3. The Bertz CT molecular complexity index is 1610. The molecule has 2 aliphatic heterocycles. The largest absolute Gasteiger partial charge is 0.459 e. The highest BCUT2D eigenvalue weighted by Gasteiger charge is 2.35. The van der Waals surface area contributed by atoms with Crippen LogP contribution in [0.2, 0.25) is 0 Å². The van der Waals surface area contributed by atoms with Crippen LogP contribution >= 0.6 is 0 Å². The highest BCUT2D eigenvalue weighted by molar-refractivity contribution is 5.96. The standard InChI is InChI=1S/C34H41FN8O2/c1-23-7-5-8-25-17-37-19-30(32(23)25)41-14-12-28-29(22-41)38-34(45-24(2)20-40(4)26-10-11-26)39-33(28)42-15-16-43(27(21-42)18-36-3)31(44)9-6-13-35/h5-9,17,19,24,26-27H,10-16,18,20-22H2,1-2,4H3/b9-6+/t24-,27+/m1/s1. The number of ether oxygens (including phenoxy) is 1. The number of benzene rings is 1. The summed E-state index contributed by atoms with van der Waals surface area (Å²) >= 11 is 0. The number of hydrogen-bond donors (Lipinski definition) is 0. The van der Waals surface area contributed by atoms with Crippen molar-refractivity contribution < 1.29 is 13.9 Å². The zero-order valence-electron chi connectivity index (χ0n) is 26.3. The maximum atomic E-state index is 12.8. The molecule has 0 radical (unpaired) electrons. The quantitative estimate of drug-likeness (QED) is 0.249. The molecular formula is C34H41FN8O2. The van der Waals surface area contributed by atoms with E-state index in [0.717, 1.165) is 47.7 Å². The van der Waals surface area contributed by atoms with Gasteiger partial charge in [0, 0.05) is 67.4 Å². The normalized spacial score (nSPS) is 19.2. The zero-order chi connectivity index (χ0) is 31.5. The number of nitrogens with zero attached hydrogens (tertiary/aromatic N) is 8. The van der Waals surface area contributed by atoms with Gasteiger partial charge in [0.2, 0.25) is 12.5 Å². The molecular weight excluding hydrogens is 571 g/mol. The molecule has 2 atom stereocenters. The van der Waals surface area contributed by atoms with Gasteiger partial charge in [-0.1, -0.05) is 18.2 Å². The minimum absolute atomic E-state index is 0.0993. The molecule has 10 nitrogen and oxygen atoms in total. The molecule has 236 valence electrons. The molecule has 1 amide bonds. The molecule has 0 bridgehead atoms. The van der Waals surface area contributed by atoms with Crippen molar-refractivity contribution in [2.24, 2.45) is 0 Å². The topological polar surface area (TPSA) is 82.3 Å². The van der Waals surface area contributed by atoms with Gasteiger partial charge in [0.15, 0.2) is 0 Å². The SMILES string of the molecule is [C-]#[N+]C[C@H]1CN(c2nc(O[C@H](C)CN(C)C3CC3)nc3c2CCN(c2cncc4cccc(C)c24)C3)CCN1C(=O)/C=C/CF. The third-order valence-electron chi connectivity index (χ3n) is 9.07. The summed E-state index contributed by atoms with van der Waals surface area (Å²) in [4.78, 5) is 39.5. The summed E-state index contributed by atoms with van der Waals surface area (Å²) in [6, 6.07) is 6.93. The lowest BCUT2D eigenvalue weighted by molar-refractivity contribution is -0.128. The van der Waals surface area contributed by atoms with Crippen molar-refractivity contribution in [3.05, 3.63) is 71.0 Å². The number of allylic oxidation sites excluding steroid dienone is 1. The molecule has 3 aliphatic rings. The Balaban J connectivity index is 1.32. The van der Waals surface area contributed by atoms with Crippen LogP contribution in [0, 0.1) is 13.5 Å². The summed E-state index contributed by atoms with van der Waals surface area (Å²) in [6.07, 6.45) is 9.43. The number of anilines is 2. The number of carbonyl (C=O) groups is 1. The molecule has 0 N–H and O–H groups in total. The maximum absolute atomic E-state index is 12.8. The van der Waals surface area contributed by atoms with E-state index in [1.54, 1.807) is 4.90 Å². The van der Waals surface area contributed by atoms with Gasteiger partial charge in [-0.2, -0.15) is 9.97 Å². The van der Waals surface area contributed by atoms with E-state index in [0.29, 0.717) is 38.2 Å². The van der Waals surface area contributed by atoms with Crippen LogP contribution in [-0.4, -0.2) is 102 Å². The molecule has 11 heteroatoms. The van der Waals surface area contributed by atoms with Crippen LogP contribution in [0.5, 0.6) is 6.01 Å². The number of fused-ring (bicyclic) bond motifs is 2. The molecule has 2 fully saturated rings. The van der Waals surface area contributed by atoms with Crippen molar-refractivity contribution in [2.75, 3.05) is 62.8 Å². The minimum atomic E-state index is -0.699. The van der Waals surface area contributed by atoms with Gasteiger partial charge < -0.3 is 24.3 Å². The van der Waals surface area contributed by atoms with Gasteiger partial charge >= 0.3 is 6.01 Å². The van der Waals surface area contributed by atoms with Gasteiger partial charge in [0.1, 0.15) is 24.6 Å². The molecule has 4 heterocycles. The number of likely N-dealkylation sites (N-methyl/N-ethyl adjacent to an activating group) is 1. The summed E-state index contributed by atoms with van der Waals surface area (Å²) in [5.74, 6) is 0.545. The number of hydrogen-bond acceptors (Lipinski definition) is 8. The van der Waals surface area contributed by atoms with Gasteiger partial charge in [-0.3, -0.25) is 14.7 Å². The van der Waals surface area contributed by atoms with Gasteiger partial charge in [-0.05, 0) is 51.8 Å². The number of amides is 1. The Morgan fingerprint density at radius 3 is 2.84 bits per heavy atom. The second kappa shape index (κ2) is 13.4. The first-order chi connectivity index (χ1) is 21.9. The molecule has 1 saturated carbocycles. The lowest BCUT2D eigenvalue weighted by Gasteiger charge is -2.41. The van der Waals surface area contributed by atoms with Crippen LogP contribution in [0.3, 0.4) is 0 Å². The van der Waals surface area contributed by atoms with E-state index in [-0.39, 0.29) is 24.6 Å². The first-order valence-corrected chi connectivity index (χ1v) is 15.8. The van der Waals surface area contributed by atoms with Crippen molar-refractivity contribution in [3.8, 4) is 6.01 Å². The van der Waals surface area contributed by atoms with Crippen LogP contribution in [0.1, 0.15) is 36.6 Å². The Kier molecular flexibility index (Phi) is 9.12. The monoisotopic (exact) mass is 612 g/mol. The molecule has 1 saturated heterocycles. The number of alkyl halides is 1. The van der Waals surface area contributed by atoms with E-state index in [2.05, 4.69) is 63.6 Å². The van der Waals surface area contributed by atoms with Crippen molar-refractivity contribution in [1.29, 1.82) is 0 Å². The van der Waals surface area contributed by atoms with Crippen molar-refractivity contribution in [3.63, 3.8) is 0 Å². The van der Waals surface area contributed by atoms with Gasteiger partial charge in [-0.15, -0.1) is 0 Å². The molecule has 1 aromatic carbocycles. The number of piperazine rings is 1.